The smallest absolute Gasteiger partial charge is 0.208 e. The van der Waals surface area contributed by atoms with Crippen LogP contribution in [0.25, 0.3) is 0 Å². The summed E-state index contributed by atoms with van der Waals surface area (Å²) >= 11 is 3.56. The summed E-state index contributed by atoms with van der Waals surface area (Å²) in [6, 6.07) is 8.46. The molecular weight excluding hydrogens is 292 g/mol. The van der Waals surface area contributed by atoms with Crippen molar-refractivity contribution in [2.45, 2.75) is 32.9 Å². The van der Waals surface area contributed by atoms with Crippen LogP contribution in [0.4, 0.5) is 0 Å². The summed E-state index contributed by atoms with van der Waals surface area (Å²) in [5.74, 6) is 1.67. The number of rotatable bonds is 5. The molecule has 1 heterocycles. The van der Waals surface area contributed by atoms with Gasteiger partial charge < -0.3 is 9.73 Å². The van der Waals surface area contributed by atoms with E-state index in [1.165, 1.54) is 5.56 Å². The van der Waals surface area contributed by atoms with Crippen LogP contribution in [0.2, 0.25) is 0 Å². The summed E-state index contributed by atoms with van der Waals surface area (Å²) in [5, 5.41) is 3.41. The lowest BCUT2D eigenvalue weighted by molar-refractivity contribution is 0.424. The number of hydrogen-bond acceptors (Lipinski definition) is 3. The molecule has 4 heteroatoms. The molecule has 2 aromatic rings. The Morgan fingerprint density at radius 3 is 2.83 bits per heavy atom. The Hall–Kier alpha value is -1.13. The van der Waals surface area contributed by atoms with Crippen molar-refractivity contribution in [3.8, 4) is 0 Å². The van der Waals surface area contributed by atoms with Crippen molar-refractivity contribution in [1.29, 1.82) is 0 Å². The molecule has 0 saturated carbocycles. The molecular formula is C14H17BrN2O. The second kappa shape index (κ2) is 6.16. The predicted octanol–water partition coefficient (Wildman–Crippen LogP) is 3.85. The molecule has 1 unspecified atom stereocenters. The standard InChI is InChI=1S/C14H17BrN2O/c1-3-11-8-17-14(18-11)9-16-10(2)12-6-4-5-7-13(12)15/h4-8,10,16H,3,9H2,1-2H3. The van der Waals surface area contributed by atoms with Crippen molar-refractivity contribution in [2.75, 3.05) is 0 Å². The first-order chi connectivity index (χ1) is 8.70. The molecule has 3 nitrogen and oxygen atoms in total. The Labute approximate surface area is 116 Å². The second-order valence-electron chi connectivity index (χ2n) is 4.20. The Kier molecular flexibility index (Phi) is 4.55. The fraction of sp³-hybridized carbons (Fsp3) is 0.357. The van der Waals surface area contributed by atoms with E-state index in [0.717, 1.165) is 22.5 Å². The van der Waals surface area contributed by atoms with E-state index in [1.54, 1.807) is 6.20 Å². The van der Waals surface area contributed by atoms with Gasteiger partial charge in [0.2, 0.25) is 5.89 Å². The molecule has 0 amide bonds. The Bertz CT molecular complexity index is 510. The fourth-order valence-electron chi connectivity index (χ4n) is 1.77. The van der Waals surface area contributed by atoms with E-state index in [1.807, 2.05) is 18.2 Å². The molecule has 0 aliphatic carbocycles. The van der Waals surface area contributed by atoms with Crippen molar-refractivity contribution in [2.24, 2.45) is 0 Å². The van der Waals surface area contributed by atoms with Crippen LogP contribution in [-0.2, 0) is 13.0 Å². The maximum absolute atomic E-state index is 5.56. The number of hydrogen-bond donors (Lipinski definition) is 1. The minimum atomic E-state index is 0.248. The molecule has 0 aliphatic rings. The zero-order valence-corrected chi connectivity index (χ0v) is 12.2. The van der Waals surface area contributed by atoms with E-state index in [2.05, 4.69) is 46.1 Å². The van der Waals surface area contributed by atoms with Crippen molar-refractivity contribution >= 4 is 15.9 Å². The highest BCUT2D eigenvalue weighted by Gasteiger charge is 2.09. The number of benzene rings is 1. The first kappa shape index (κ1) is 13.3. The van der Waals surface area contributed by atoms with Gasteiger partial charge in [0.1, 0.15) is 5.76 Å². The monoisotopic (exact) mass is 308 g/mol. The largest absolute Gasteiger partial charge is 0.444 e. The third-order valence-electron chi connectivity index (χ3n) is 2.88. The predicted molar refractivity (Wildman–Crippen MR) is 75.3 cm³/mol. The molecule has 0 spiro atoms. The number of nitrogens with zero attached hydrogens (tertiary/aromatic N) is 1. The van der Waals surface area contributed by atoms with E-state index >= 15 is 0 Å². The van der Waals surface area contributed by atoms with Gasteiger partial charge in [-0.15, -0.1) is 0 Å². The highest BCUT2D eigenvalue weighted by molar-refractivity contribution is 9.10. The topological polar surface area (TPSA) is 38.1 Å². The van der Waals surface area contributed by atoms with E-state index in [4.69, 9.17) is 4.42 Å². The quantitative estimate of drug-likeness (QED) is 0.911. The first-order valence-corrected chi connectivity index (χ1v) is 6.91. The molecule has 1 atom stereocenters. The van der Waals surface area contributed by atoms with Gasteiger partial charge in [-0.2, -0.15) is 0 Å². The molecule has 0 saturated heterocycles. The van der Waals surface area contributed by atoms with Crippen molar-refractivity contribution in [1.82, 2.24) is 10.3 Å². The molecule has 0 bridgehead atoms. The van der Waals surface area contributed by atoms with Crippen LogP contribution in [0.15, 0.2) is 39.4 Å². The average molecular weight is 309 g/mol. The number of oxazole rings is 1. The summed E-state index contributed by atoms with van der Waals surface area (Å²) in [6.45, 7) is 4.83. The van der Waals surface area contributed by atoms with Gasteiger partial charge in [-0.05, 0) is 18.6 Å². The molecule has 0 fully saturated rings. The van der Waals surface area contributed by atoms with Crippen LogP contribution in [0.3, 0.4) is 0 Å². The summed E-state index contributed by atoms with van der Waals surface area (Å²) < 4.78 is 6.68. The second-order valence-corrected chi connectivity index (χ2v) is 5.05. The average Bonchev–Trinajstić information content (AvgIpc) is 2.84. The summed E-state index contributed by atoms with van der Waals surface area (Å²) in [6.07, 6.45) is 2.67. The molecule has 1 aromatic carbocycles. The number of aromatic nitrogens is 1. The lowest BCUT2D eigenvalue weighted by Gasteiger charge is -2.14. The van der Waals surface area contributed by atoms with Gasteiger partial charge in [0.05, 0.1) is 12.7 Å². The minimum absolute atomic E-state index is 0.248. The SMILES string of the molecule is CCc1cnc(CNC(C)c2ccccc2Br)o1. The summed E-state index contributed by atoms with van der Waals surface area (Å²) in [5.41, 5.74) is 1.24. The number of aryl methyl sites for hydroxylation is 1. The van der Waals surface area contributed by atoms with Crippen LogP contribution in [0.5, 0.6) is 0 Å². The van der Waals surface area contributed by atoms with Crippen LogP contribution in [0.1, 0.15) is 37.1 Å². The third-order valence-corrected chi connectivity index (χ3v) is 3.60. The molecule has 0 aliphatic heterocycles. The van der Waals surface area contributed by atoms with E-state index in [9.17, 15) is 0 Å². The van der Waals surface area contributed by atoms with Crippen LogP contribution in [0, 0.1) is 0 Å². The Balaban J connectivity index is 1.96. The summed E-state index contributed by atoms with van der Waals surface area (Å²) in [4.78, 5) is 4.23. The van der Waals surface area contributed by atoms with Gasteiger partial charge in [0.25, 0.3) is 0 Å². The zero-order chi connectivity index (χ0) is 13.0. The molecule has 18 heavy (non-hydrogen) atoms. The van der Waals surface area contributed by atoms with Gasteiger partial charge in [0.15, 0.2) is 0 Å². The van der Waals surface area contributed by atoms with Crippen LogP contribution < -0.4 is 5.32 Å². The zero-order valence-electron chi connectivity index (χ0n) is 10.6. The van der Waals surface area contributed by atoms with E-state index in [0.29, 0.717) is 6.54 Å². The minimum Gasteiger partial charge on any atom is -0.444 e. The van der Waals surface area contributed by atoms with Gasteiger partial charge in [-0.3, -0.25) is 0 Å². The highest BCUT2D eigenvalue weighted by atomic mass is 79.9. The maximum atomic E-state index is 5.56. The molecule has 0 radical (unpaired) electrons. The van der Waals surface area contributed by atoms with Gasteiger partial charge in [-0.1, -0.05) is 41.1 Å². The molecule has 2 rings (SSSR count). The van der Waals surface area contributed by atoms with E-state index in [-0.39, 0.29) is 6.04 Å². The van der Waals surface area contributed by atoms with Gasteiger partial charge in [0, 0.05) is 16.9 Å². The van der Waals surface area contributed by atoms with Gasteiger partial charge >= 0.3 is 0 Å². The highest BCUT2D eigenvalue weighted by Crippen LogP contribution is 2.22. The van der Waals surface area contributed by atoms with E-state index < -0.39 is 0 Å². The van der Waals surface area contributed by atoms with Crippen molar-refractivity contribution in [3.05, 3.63) is 52.1 Å². The lowest BCUT2D eigenvalue weighted by atomic mass is 10.1. The van der Waals surface area contributed by atoms with Crippen LogP contribution in [-0.4, -0.2) is 4.98 Å². The van der Waals surface area contributed by atoms with Crippen molar-refractivity contribution in [3.63, 3.8) is 0 Å². The van der Waals surface area contributed by atoms with Crippen molar-refractivity contribution < 1.29 is 4.42 Å². The molecule has 1 aromatic heterocycles. The third kappa shape index (κ3) is 3.21. The fourth-order valence-corrected chi connectivity index (χ4v) is 2.40. The summed E-state index contributed by atoms with van der Waals surface area (Å²) in [7, 11) is 0. The lowest BCUT2D eigenvalue weighted by Crippen LogP contribution is -2.18. The first-order valence-electron chi connectivity index (χ1n) is 6.12. The maximum Gasteiger partial charge on any atom is 0.208 e. The molecule has 1 N–H and O–H groups in total. The number of halogens is 1. The molecule has 96 valence electrons. The number of nitrogens with one attached hydrogen (secondary N) is 1. The normalized spacial score (nSPS) is 12.6. The van der Waals surface area contributed by atoms with Crippen LogP contribution >= 0.6 is 15.9 Å². The van der Waals surface area contributed by atoms with Gasteiger partial charge in [-0.25, -0.2) is 4.98 Å². The Morgan fingerprint density at radius 1 is 1.39 bits per heavy atom. The Morgan fingerprint density at radius 2 is 2.17 bits per heavy atom.